The molecule has 8 heteroatoms. The maximum Gasteiger partial charge on any atom is 0.330 e. The van der Waals surface area contributed by atoms with Gasteiger partial charge in [0.15, 0.2) is 5.01 Å². The molecule has 0 spiro atoms. The summed E-state index contributed by atoms with van der Waals surface area (Å²) in [6, 6.07) is 8.77. The number of nitrogens with one attached hydrogen (secondary N) is 1. The summed E-state index contributed by atoms with van der Waals surface area (Å²) in [6.07, 6.45) is 4.64. The number of thiazole rings is 1. The fraction of sp³-hybridized carbons (Fsp3) is 0.263. The van der Waals surface area contributed by atoms with Crippen LogP contribution in [0.5, 0.6) is 0 Å². The first-order valence-corrected chi connectivity index (χ1v) is 9.39. The molecule has 1 atom stereocenters. The average molecular weight is 384 g/mol. The molecule has 1 aromatic carbocycles. The Balaban J connectivity index is 1.73. The van der Waals surface area contributed by atoms with Crippen LogP contribution in [-0.2, 0) is 16.1 Å². The molecule has 0 aliphatic heterocycles. The van der Waals surface area contributed by atoms with E-state index >= 15 is 0 Å². The standard InChI is InChI=1S/C19H20N4O3S/c1-13(2)26-19(25)15(10-23-9-8-20-12-23)21-17(24)18-22-16(11-27-18)14-6-4-3-5-7-14/h3-9,11-13,15H,10H2,1-2H3,(H,21,24)/t15-/m0/s1. The third-order valence-corrected chi connectivity index (χ3v) is 4.50. The summed E-state index contributed by atoms with van der Waals surface area (Å²) in [7, 11) is 0. The first-order chi connectivity index (χ1) is 13.0. The molecular formula is C19H20N4O3S. The molecule has 0 fully saturated rings. The lowest BCUT2D eigenvalue weighted by Crippen LogP contribution is -2.45. The van der Waals surface area contributed by atoms with E-state index in [1.165, 1.54) is 11.3 Å². The van der Waals surface area contributed by atoms with Crippen LogP contribution in [0.15, 0.2) is 54.4 Å². The van der Waals surface area contributed by atoms with Gasteiger partial charge in [-0.2, -0.15) is 0 Å². The highest BCUT2D eigenvalue weighted by atomic mass is 32.1. The van der Waals surface area contributed by atoms with Crippen LogP contribution in [-0.4, -0.2) is 38.6 Å². The molecular weight excluding hydrogens is 364 g/mol. The molecule has 3 rings (SSSR count). The summed E-state index contributed by atoms with van der Waals surface area (Å²) in [5.41, 5.74) is 1.66. The number of benzene rings is 1. The number of carbonyl (C=O) groups is 2. The third-order valence-electron chi connectivity index (χ3n) is 3.66. The van der Waals surface area contributed by atoms with Crippen LogP contribution in [0, 0.1) is 0 Å². The van der Waals surface area contributed by atoms with Crippen LogP contribution in [0.4, 0.5) is 0 Å². The van der Waals surface area contributed by atoms with E-state index in [0.717, 1.165) is 11.3 Å². The largest absolute Gasteiger partial charge is 0.461 e. The number of esters is 1. The van der Waals surface area contributed by atoms with E-state index in [0.29, 0.717) is 5.01 Å². The Kier molecular flexibility index (Phi) is 5.97. The molecule has 0 bridgehead atoms. The van der Waals surface area contributed by atoms with Crippen molar-refractivity contribution in [2.45, 2.75) is 32.5 Å². The molecule has 0 aliphatic carbocycles. The van der Waals surface area contributed by atoms with Crippen LogP contribution < -0.4 is 5.32 Å². The van der Waals surface area contributed by atoms with Crippen molar-refractivity contribution >= 4 is 23.2 Å². The van der Waals surface area contributed by atoms with Crippen molar-refractivity contribution in [1.29, 1.82) is 0 Å². The average Bonchev–Trinajstić information content (AvgIpc) is 3.33. The van der Waals surface area contributed by atoms with Crippen LogP contribution >= 0.6 is 11.3 Å². The molecule has 27 heavy (non-hydrogen) atoms. The summed E-state index contributed by atoms with van der Waals surface area (Å²) in [5, 5.41) is 4.84. The number of hydrogen-bond donors (Lipinski definition) is 1. The second-order valence-corrected chi connectivity index (χ2v) is 7.03. The Labute approximate surface area is 161 Å². The SMILES string of the molecule is CC(C)OC(=O)[C@H](Cn1ccnc1)NC(=O)c1nc(-c2ccccc2)cs1. The van der Waals surface area contributed by atoms with Gasteiger partial charge in [-0.05, 0) is 13.8 Å². The predicted octanol–water partition coefficient (Wildman–Crippen LogP) is 2.76. The summed E-state index contributed by atoms with van der Waals surface area (Å²) in [4.78, 5) is 33.4. The Hall–Kier alpha value is -3.00. The molecule has 0 saturated heterocycles. The molecule has 0 unspecified atom stereocenters. The van der Waals surface area contributed by atoms with Gasteiger partial charge < -0.3 is 14.6 Å². The van der Waals surface area contributed by atoms with Crippen molar-refractivity contribution in [3.63, 3.8) is 0 Å². The minimum Gasteiger partial charge on any atom is -0.461 e. The molecule has 1 N–H and O–H groups in total. The minimum absolute atomic E-state index is 0.230. The van der Waals surface area contributed by atoms with Gasteiger partial charge in [-0.3, -0.25) is 4.79 Å². The zero-order valence-electron chi connectivity index (χ0n) is 15.0. The number of imidazole rings is 1. The van der Waals surface area contributed by atoms with Crippen molar-refractivity contribution in [3.8, 4) is 11.3 Å². The van der Waals surface area contributed by atoms with E-state index in [9.17, 15) is 9.59 Å². The first kappa shape index (κ1) is 18.8. The highest BCUT2D eigenvalue weighted by molar-refractivity contribution is 7.12. The van der Waals surface area contributed by atoms with Gasteiger partial charge in [0.25, 0.3) is 5.91 Å². The fourth-order valence-corrected chi connectivity index (χ4v) is 3.17. The second kappa shape index (κ2) is 8.59. The Morgan fingerprint density at radius 3 is 2.70 bits per heavy atom. The van der Waals surface area contributed by atoms with Crippen LogP contribution in [0.25, 0.3) is 11.3 Å². The summed E-state index contributed by atoms with van der Waals surface area (Å²) < 4.78 is 6.98. The molecule has 2 aromatic heterocycles. The lowest BCUT2D eigenvalue weighted by atomic mass is 10.2. The highest BCUT2D eigenvalue weighted by Crippen LogP contribution is 2.21. The van der Waals surface area contributed by atoms with Gasteiger partial charge >= 0.3 is 5.97 Å². The monoisotopic (exact) mass is 384 g/mol. The Bertz CT molecular complexity index is 891. The third kappa shape index (κ3) is 5.01. The Morgan fingerprint density at radius 1 is 1.26 bits per heavy atom. The fourth-order valence-electron chi connectivity index (χ4n) is 2.44. The quantitative estimate of drug-likeness (QED) is 0.633. The lowest BCUT2D eigenvalue weighted by molar-refractivity contribution is -0.150. The molecule has 0 aliphatic rings. The summed E-state index contributed by atoms with van der Waals surface area (Å²) in [5.74, 6) is -0.903. The summed E-state index contributed by atoms with van der Waals surface area (Å²) in [6.45, 7) is 3.76. The van der Waals surface area contributed by atoms with Crippen LogP contribution in [0.2, 0.25) is 0 Å². The van der Waals surface area contributed by atoms with E-state index in [1.807, 2.05) is 35.7 Å². The van der Waals surface area contributed by atoms with E-state index in [-0.39, 0.29) is 12.6 Å². The number of amides is 1. The van der Waals surface area contributed by atoms with Gasteiger partial charge in [0.05, 0.1) is 24.7 Å². The molecule has 3 aromatic rings. The molecule has 0 radical (unpaired) electrons. The topological polar surface area (TPSA) is 86.1 Å². The molecule has 2 heterocycles. The Morgan fingerprint density at radius 2 is 2.04 bits per heavy atom. The zero-order chi connectivity index (χ0) is 19.2. The first-order valence-electron chi connectivity index (χ1n) is 8.51. The maximum atomic E-state index is 12.6. The highest BCUT2D eigenvalue weighted by Gasteiger charge is 2.25. The number of carbonyl (C=O) groups excluding carboxylic acids is 2. The van der Waals surface area contributed by atoms with E-state index in [1.54, 1.807) is 37.1 Å². The lowest BCUT2D eigenvalue weighted by Gasteiger charge is -2.19. The van der Waals surface area contributed by atoms with Crippen molar-refractivity contribution in [2.75, 3.05) is 0 Å². The van der Waals surface area contributed by atoms with Gasteiger partial charge in [0, 0.05) is 23.3 Å². The van der Waals surface area contributed by atoms with Crippen molar-refractivity contribution in [1.82, 2.24) is 19.9 Å². The number of aromatic nitrogens is 3. The zero-order valence-corrected chi connectivity index (χ0v) is 15.8. The van der Waals surface area contributed by atoms with Crippen molar-refractivity contribution in [2.24, 2.45) is 0 Å². The van der Waals surface area contributed by atoms with Gasteiger partial charge in [-0.1, -0.05) is 30.3 Å². The van der Waals surface area contributed by atoms with Gasteiger partial charge in [-0.15, -0.1) is 11.3 Å². The smallest absolute Gasteiger partial charge is 0.330 e. The number of ether oxygens (including phenoxy) is 1. The van der Waals surface area contributed by atoms with E-state index < -0.39 is 17.9 Å². The van der Waals surface area contributed by atoms with Gasteiger partial charge in [0.2, 0.25) is 0 Å². The molecule has 0 saturated carbocycles. The van der Waals surface area contributed by atoms with Gasteiger partial charge in [0.1, 0.15) is 6.04 Å². The number of hydrogen-bond acceptors (Lipinski definition) is 6. The minimum atomic E-state index is -0.835. The number of rotatable bonds is 7. The van der Waals surface area contributed by atoms with Crippen molar-refractivity contribution in [3.05, 3.63) is 59.4 Å². The second-order valence-electron chi connectivity index (χ2n) is 6.18. The van der Waals surface area contributed by atoms with Gasteiger partial charge in [-0.25, -0.2) is 14.8 Å². The van der Waals surface area contributed by atoms with Crippen molar-refractivity contribution < 1.29 is 14.3 Å². The number of nitrogens with zero attached hydrogens (tertiary/aromatic N) is 3. The van der Waals surface area contributed by atoms with Crippen LogP contribution in [0.3, 0.4) is 0 Å². The molecule has 1 amide bonds. The normalized spacial score (nSPS) is 12.0. The predicted molar refractivity (Wildman–Crippen MR) is 102 cm³/mol. The van der Waals surface area contributed by atoms with E-state index in [4.69, 9.17) is 4.74 Å². The summed E-state index contributed by atoms with van der Waals surface area (Å²) >= 11 is 1.23. The molecule has 7 nitrogen and oxygen atoms in total. The van der Waals surface area contributed by atoms with Crippen LogP contribution in [0.1, 0.15) is 23.6 Å². The maximum absolute atomic E-state index is 12.6. The molecule has 140 valence electrons. The van der Waals surface area contributed by atoms with E-state index in [2.05, 4.69) is 15.3 Å².